The van der Waals surface area contributed by atoms with E-state index in [9.17, 15) is 14.4 Å². The molecule has 8 nitrogen and oxygen atoms in total. The predicted molar refractivity (Wildman–Crippen MR) is 133 cm³/mol. The number of nitrogens with one attached hydrogen (secondary N) is 1. The molecule has 0 spiro atoms. The van der Waals surface area contributed by atoms with Crippen LogP contribution in [0.5, 0.6) is 5.75 Å². The molecule has 1 N–H and O–H groups in total. The monoisotopic (exact) mass is 489 g/mol. The molecule has 4 aromatic rings. The number of anilines is 1. The van der Waals surface area contributed by atoms with Crippen molar-refractivity contribution in [2.75, 3.05) is 5.32 Å². The number of aromatic nitrogens is 2. The van der Waals surface area contributed by atoms with Crippen LogP contribution in [0.1, 0.15) is 27.9 Å². The van der Waals surface area contributed by atoms with E-state index in [1.807, 2.05) is 42.5 Å². The molecule has 0 saturated carbocycles. The molecule has 0 saturated heterocycles. The maximum atomic E-state index is 13.0. The zero-order valence-electron chi connectivity index (χ0n) is 19.4. The van der Waals surface area contributed by atoms with Crippen LogP contribution in [0.3, 0.4) is 0 Å². The normalized spacial score (nSPS) is 12.8. The molecule has 0 bridgehead atoms. The third kappa shape index (κ3) is 4.04. The van der Waals surface area contributed by atoms with Gasteiger partial charge >= 0.3 is 5.97 Å². The Hall–Kier alpha value is -4.11. The zero-order chi connectivity index (χ0) is 24.7. The average Bonchev–Trinajstić information content (AvgIpc) is 3.40. The lowest BCUT2D eigenvalue weighted by Crippen LogP contribution is -2.32. The predicted octanol–water partition coefficient (Wildman–Crippen LogP) is 4.29. The van der Waals surface area contributed by atoms with Gasteiger partial charge in [0.05, 0.1) is 11.4 Å². The zero-order valence-corrected chi connectivity index (χ0v) is 20.2. The number of hydrogen-bond donors (Lipinski definition) is 1. The second-order valence-corrected chi connectivity index (χ2v) is 9.28. The minimum absolute atomic E-state index is 0.143. The first-order valence-electron chi connectivity index (χ1n) is 11.1. The van der Waals surface area contributed by atoms with Crippen molar-refractivity contribution in [2.24, 2.45) is 7.05 Å². The quantitative estimate of drug-likeness (QED) is 0.423. The summed E-state index contributed by atoms with van der Waals surface area (Å²) in [5.41, 5.74) is 2.86. The number of benzene rings is 2. The van der Waals surface area contributed by atoms with Crippen LogP contribution in [0.2, 0.25) is 0 Å². The molecule has 35 heavy (non-hydrogen) atoms. The first-order valence-corrected chi connectivity index (χ1v) is 11.9. The van der Waals surface area contributed by atoms with Gasteiger partial charge in [0.25, 0.3) is 11.5 Å². The lowest BCUT2D eigenvalue weighted by Gasteiger charge is -2.16. The number of thiophene rings is 1. The number of amides is 1. The van der Waals surface area contributed by atoms with Gasteiger partial charge in [-0.3, -0.25) is 14.3 Å². The minimum atomic E-state index is -1.10. The Balaban J connectivity index is 1.32. The van der Waals surface area contributed by atoms with Gasteiger partial charge in [-0.05, 0) is 44.2 Å². The SMILES string of the molecule is Cc1c(NC(=O)C(C)OC(=O)c2cc3c(s2)-c2ccccc2OC3)c(=O)n(-c2ccccc2)n1C. The molecule has 0 fully saturated rings. The number of ether oxygens (including phenoxy) is 2. The molecule has 3 heterocycles. The maximum absolute atomic E-state index is 13.0. The van der Waals surface area contributed by atoms with Crippen molar-refractivity contribution in [3.63, 3.8) is 0 Å². The number of fused-ring (bicyclic) bond motifs is 3. The lowest BCUT2D eigenvalue weighted by molar-refractivity contribution is -0.123. The van der Waals surface area contributed by atoms with E-state index in [-0.39, 0.29) is 11.2 Å². The van der Waals surface area contributed by atoms with E-state index < -0.39 is 18.0 Å². The molecule has 2 aromatic carbocycles. The fraction of sp³-hybridized carbons (Fsp3) is 0.192. The molecular formula is C26H23N3O5S. The summed E-state index contributed by atoms with van der Waals surface area (Å²) >= 11 is 1.31. The Morgan fingerprint density at radius 1 is 1.11 bits per heavy atom. The smallest absolute Gasteiger partial charge is 0.349 e. The van der Waals surface area contributed by atoms with Crippen molar-refractivity contribution in [3.05, 3.63) is 87.2 Å². The van der Waals surface area contributed by atoms with Crippen LogP contribution < -0.4 is 15.6 Å². The molecule has 0 aliphatic carbocycles. The van der Waals surface area contributed by atoms with Crippen LogP contribution in [0, 0.1) is 6.92 Å². The molecule has 0 radical (unpaired) electrons. The molecule has 1 aliphatic heterocycles. The van der Waals surface area contributed by atoms with Crippen molar-refractivity contribution < 1.29 is 19.1 Å². The number of esters is 1. The number of nitrogens with zero attached hydrogens (tertiary/aromatic N) is 2. The van der Waals surface area contributed by atoms with E-state index in [1.54, 1.807) is 36.9 Å². The van der Waals surface area contributed by atoms with Crippen LogP contribution in [0.25, 0.3) is 16.1 Å². The first kappa shape index (κ1) is 22.7. The molecule has 2 aromatic heterocycles. The Morgan fingerprint density at radius 2 is 1.83 bits per heavy atom. The van der Waals surface area contributed by atoms with E-state index in [1.165, 1.54) is 22.9 Å². The third-order valence-electron chi connectivity index (χ3n) is 5.98. The summed E-state index contributed by atoms with van der Waals surface area (Å²) in [7, 11) is 1.74. The van der Waals surface area contributed by atoms with Gasteiger partial charge in [0, 0.05) is 23.1 Å². The summed E-state index contributed by atoms with van der Waals surface area (Å²) in [6.07, 6.45) is -1.10. The van der Waals surface area contributed by atoms with Gasteiger partial charge in [-0.25, -0.2) is 9.48 Å². The van der Waals surface area contributed by atoms with Gasteiger partial charge in [-0.15, -0.1) is 11.3 Å². The number of hydrogen-bond acceptors (Lipinski definition) is 6. The highest BCUT2D eigenvalue weighted by Crippen LogP contribution is 2.42. The Labute approximate surface area is 205 Å². The van der Waals surface area contributed by atoms with Gasteiger partial charge in [0.1, 0.15) is 22.9 Å². The van der Waals surface area contributed by atoms with Crippen LogP contribution in [-0.2, 0) is 23.2 Å². The van der Waals surface area contributed by atoms with Crippen LogP contribution in [0.4, 0.5) is 5.69 Å². The summed E-state index contributed by atoms with van der Waals surface area (Å²) in [6, 6.07) is 18.5. The van der Waals surface area contributed by atoms with E-state index in [0.29, 0.717) is 22.9 Å². The maximum Gasteiger partial charge on any atom is 0.349 e. The second-order valence-electron chi connectivity index (χ2n) is 8.22. The topological polar surface area (TPSA) is 91.6 Å². The van der Waals surface area contributed by atoms with Crippen molar-refractivity contribution in [1.29, 1.82) is 0 Å². The fourth-order valence-corrected chi connectivity index (χ4v) is 5.09. The highest BCUT2D eigenvalue weighted by atomic mass is 32.1. The standard InChI is InChI=1S/C26H23N3O5S/c1-15-22(25(31)29(28(15)3)18-9-5-4-6-10-18)27-24(30)16(2)34-26(32)21-13-17-14-33-20-12-8-7-11-19(20)23(17)35-21/h4-13,16H,14H2,1-3H3,(H,27,30). The van der Waals surface area contributed by atoms with Crippen molar-refractivity contribution in [1.82, 2.24) is 9.36 Å². The summed E-state index contributed by atoms with van der Waals surface area (Å²) in [4.78, 5) is 40.0. The Bertz CT molecular complexity index is 1500. The summed E-state index contributed by atoms with van der Waals surface area (Å²) in [6.45, 7) is 3.59. The van der Waals surface area contributed by atoms with Gasteiger partial charge in [-0.2, -0.15) is 0 Å². The summed E-state index contributed by atoms with van der Waals surface area (Å²) in [5, 5.41) is 2.64. The van der Waals surface area contributed by atoms with Crippen LogP contribution in [-0.4, -0.2) is 27.3 Å². The van der Waals surface area contributed by atoms with Crippen molar-refractivity contribution in [3.8, 4) is 21.9 Å². The Morgan fingerprint density at radius 3 is 2.60 bits per heavy atom. The highest BCUT2D eigenvalue weighted by Gasteiger charge is 2.27. The van der Waals surface area contributed by atoms with Gasteiger partial charge < -0.3 is 14.8 Å². The number of para-hydroxylation sites is 2. The molecular weight excluding hydrogens is 466 g/mol. The largest absolute Gasteiger partial charge is 0.488 e. The van der Waals surface area contributed by atoms with Crippen molar-refractivity contribution in [2.45, 2.75) is 26.6 Å². The van der Waals surface area contributed by atoms with Crippen LogP contribution in [0.15, 0.2) is 65.5 Å². The average molecular weight is 490 g/mol. The lowest BCUT2D eigenvalue weighted by atomic mass is 10.1. The van der Waals surface area contributed by atoms with E-state index in [2.05, 4.69) is 5.32 Å². The fourth-order valence-electron chi connectivity index (χ4n) is 4.01. The summed E-state index contributed by atoms with van der Waals surface area (Å²) in [5.74, 6) is -0.413. The van der Waals surface area contributed by atoms with E-state index in [0.717, 1.165) is 21.8 Å². The minimum Gasteiger partial charge on any atom is -0.488 e. The second kappa shape index (κ2) is 8.92. The van der Waals surface area contributed by atoms with Gasteiger partial charge in [-0.1, -0.05) is 30.3 Å². The molecule has 1 atom stereocenters. The molecule has 9 heteroatoms. The molecule has 5 rings (SSSR count). The third-order valence-corrected chi connectivity index (χ3v) is 7.17. The number of carbonyl (C=O) groups excluding carboxylic acids is 2. The van der Waals surface area contributed by atoms with E-state index >= 15 is 0 Å². The molecule has 1 unspecified atom stereocenters. The number of carbonyl (C=O) groups is 2. The molecule has 1 amide bonds. The summed E-state index contributed by atoms with van der Waals surface area (Å²) < 4.78 is 14.3. The molecule has 1 aliphatic rings. The van der Waals surface area contributed by atoms with Gasteiger partial charge in [0.15, 0.2) is 6.10 Å². The van der Waals surface area contributed by atoms with Gasteiger partial charge in [0.2, 0.25) is 0 Å². The highest BCUT2D eigenvalue weighted by molar-refractivity contribution is 7.17. The van der Waals surface area contributed by atoms with E-state index in [4.69, 9.17) is 9.47 Å². The number of rotatable bonds is 5. The van der Waals surface area contributed by atoms with Crippen molar-refractivity contribution >= 4 is 28.9 Å². The molecule has 178 valence electrons. The Kier molecular flexibility index (Phi) is 5.78. The first-order chi connectivity index (χ1) is 16.8. The van der Waals surface area contributed by atoms with Crippen LogP contribution >= 0.6 is 11.3 Å².